The molecular weight excluding hydrogens is 332 g/mol. The molecule has 0 radical (unpaired) electrons. The van der Waals surface area contributed by atoms with E-state index in [0.717, 1.165) is 19.6 Å². The molecule has 7 heteroatoms. The largest absolute Gasteiger partial charge is 0.374 e. The first-order valence-corrected chi connectivity index (χ1v) is 8.65. The molecule has 2 heterocycles. The van der Waals surface area contributed by atoms with Gasteiger partial charge >= 0.3 is 0 Å². The number of benzene rings is 1. The number of aryl methyl sites for hydroxylation is 1. The van der Waals surface area contributed by atoms with E-state index in [4.69, 9.17) is 10.5 Å². The van der Waals surface area contributed by atoms with Crippen LogP contribution in [0, 0.1) is 0 Å². The summed E-state index contributed by atoms with van der Waals surface area (Å²) in [4.78, 5) is 25.9. The van der Waals surface area contributed by atoms with Gasteiger partial charge in [-0.2, -0.15) is 0 Å². The third-order valence-corrected chi connectivity index (χ3v) is 4.48. The Morgan fingerprint density at radius 3 is 2.77 bits per heavy atom. The van der Waals surface area contributed by atoms with Crippen molar-refractivity contribution in [3.63, 3.8) is 0 Å². The second-order valence-electron chi connectivity index (χ2n) is 6.51. The number of aromatic nitrogens is 1. The van der Waals surface area contributed by atoms with Crippen LogP contribution in [0.2, 0.25) is 0 Å². The number of carbonyl (C=O) groups excluding carboxylic acids is 2. The standard InChI is InChI=1S/C19H24N4O3/c1-22-12-15(18(20)24)9-17(22)19(25)21-10-16-13-23(7-8-26-16)11-14-5-3-2-4-6-14/h2-6,9,12,16H,7-8,10-11,13H2,1H3,(H2,20,24)(H,21,25). The number of rotatable bonds is 6. The maximum atomic E-state index is 12.4. The van der Waals surface area contributed by atoms with E-state index in [-0.39, 0.29) is 12.0 Å². The molecule has 138 valence electrons. The summed E-state index contributed by atoms with van der Waals surface area (Å²) in [5.41, 5.74) is 7.24. The van der Waals surface area contributed by atoms with Crippen molar-refractivity contribution in [3.8, 4) is 0 Å². The van der Waals surface area contributed by atoms with Crippen LogP contribution in [0.15, 0.2) is 42.6 Å². The first-order valence-electron chi connectivity index (χ1n) is 8.65. The summed E-state index contributed by atoms with van der Waals surface area (Å²) in [6.45, 7) is 3.56. The summed E-state index contributed by atoms with van der Waals surface area (Å²) in [5.74, 6) is -0.796. The van der Waals surface area contributed by atoms with Gasteiger partial charge in [0.2, 0.25) is 5.91 Å². The zero-order chi connectivity index (χ0) is 18.5. The fourth-order valence-corrected chi connectivity index (χ4v) is 3.11. The van der Waals surface area contributed by atoms with Gasteiger partial charge in [-0.3, -0.25) is 14.5 Å². The number of nitrogens with one attached hydrogen (secondary N) is 1. The Balaban J connectivity index is 1.52. The lowest BCUT2D eigenvalue weighted by molar-refractivity contribution is -0.0293. The van der Waals surface area contributed by atoms with E-state index in [1.54, 1.807) is 17.8 Å². The summed E-state index contributed by atoms with van der Waals surface area (Å²) in [7, 11) is 1.71. The number of amides is 2. The number of primary amides is 1. The second kappa shape index (κ2) is 8.16. The van der Waals surface area contributed by atoms with Crippen molar-refractivity contribution in [3.05, 3.63) is 59.4 Å². The van der Waals surface area contributed by atoms with Crippen LogP contribution in [0.25, 0.3) is 0 Å². The van der Waals surface area contributed by atoms with Gasteiger partial charge in [0, 0.05) is 39.4 Å². The molecule has 2 aromatic rings. The van der Waals surface area contributed by atoms with Gasteiger partial charge in [-0.15, -0.1) is 0 Å². The van der Waals surface area contributed by atoms with Gasteiger partial charge in [-0.1, -0.05) is 30.3 Å². The quantitative estimate of drug-likeness (QED) is 0.799. The molecule has 1 unspecified atom stereocenters. The molecule has 1 aliphatic rings. The average Bonchev–Trinajstić information content (AvgIpc) is 3.03. The number of nitrogens with zero attached hydrogens (tertiary/aromatic N) is 2. The van der Waals surface area contributed by atoms with Gasteiger partial charge in [0.05, 0.1) is 18.3 Å². The van der Waals surface area contributed by atoms with E-state index in [1.165, 1.54) is 11.6 Å². The molecule has 0 bridgehead atoms. The van der Waals surface area contributed by atoms with Gasteiger partial charge in [0.15, 0.2) is 0 Å². The van der Waals surface area contributed by atoms with Crippen LogP contribution < -0.4 is 11.1 Å². The zero-order valence-corrected chi connectivity index (χ0v) is 14.9. The van der Waals surface area contributed by atoms with Crippen molar-refractivity contribution in [2.75, 3.05) is 26.2 Å². The van der Waals surface area contributed by atoms with Crippen molar-refractivity contribution in [1.29, 1.82) is 0 Å². The van der Waals surface area contributed by atoms with Crippen LogP contribution in [0.1, 0.15) is 26.4 Å². The molecule has 1 saturated heterocycles. The SMILES string of the molecule is Cn1cc(C(N)=O)cc1C(=O)NCC1CN(Cc2ccccc2)CCO1. The predicted octanol–water partition coefficient (Wildman–Crippen LogP) is 0.755. The lowest BCUT2D eigenvalue weighted by Gasteiger charge is -2.33. The highest BCUT2D eigenvalue weighted by Gasteiger charge is 2.22. The molecule has 0 saturated carbocycles. The number of ether oxygens (including phenoxy) is 1. The highest BCUT2D eigenvalue weighted by molar-refractivity contribution is 5.98. The number of nitrogens with two attached hydrogens (primary N) is 1. The Bertz CT molecular complexity index is 772. The highest BCUT2D eigenvalue weighted by Crippen LogP contribution is 2.11. The fraction of sp³-hybridized carbons (Fsp3) is 0.368. The van der Waals surface area contributed by atoms with Crippen molar-refractivity contribution in [2.45, 2.75) is 12.6 Å². The molecule has 0 aliphatic carbocycles. The Kier molecular flexibility index (Phi) is 5.70. The lowest BCUT2D eigenvalue weighted by atomic mass is 10.2. The van der Waals surface area contributed by atoms with Crippen LogP contribution in [0.5, 0.6) is 0 Å². The minimum Gasteiger partial charge on any atom is -0.374 e. The van der Waals surface area contributed by atoms with Gasteiger partial charge < -0.3 is 20.4 Å². The third kappa shape index (κ3) is 4.50. The molecule has 0 spiro atoms. The van der Waals surface area contributed by atoms with E-state index in [9.17, 15) is 9.59 Å². The summed E-state index contributed by atoms with van der Waals surface area (Å²) in [6.07, 6.45) is 1.49. The monoisotopic (exact) mass is 356 g/mol. The summed E-state index contributed by atoms with van der Waals surface area (Å²) in [6, 6.07) is 11.8. The number of hydrogen-bond donors (Lipinski definition) is 2. The Morgan fingerprint density at radius 2 is 2.08 bits per heavy atom. The minimum absolute atomic E-state index is 0.0627. The van der Waals surface area contributed by atoms with E-state index in [0.29, 0.717) is 24.4 Å². The molecule has 1 aliphatic heterocycles. The molecule has 1 aromatic heterocycles. The van der Waals surface area contributed by atoms with Crippen molar-refractivity contribution >= 4 is 11.8 Å². The van der Waals surface area contributed by atoms with Gasteiger partial charge in [-0.05, 0) is 11.6 Å². The Labute approximate surface area is 152 Å². The van der Waals surface area contributed by atoms with E-state index >= 15 is 0 Å². The van der Waals surface area contributed by atoms with E-state index < -0.39 is 5.91 Å². The summed E-state index contributed by atoms with van der Waals surface area (Å²) < 4.78 is 7.36. The Morgan fingerprint density at radius 1 is 1.31 bits per heavy atom. The predicted molar refractivity (Wildman–Crippen MR) is 97.7 cm³/mol. The second-order valence-corrected chi connectivity index (χ2v) is 6.51. The van der Waals surface area contributed by atoms with Crippen LogP contribution >= 0.6 is 0 Å². The van der Waals surface area contributed by atoms with Crippen molar-refractivity contribution in [2.24, 2.45) is 12.8 Å². The molecule has 26 heavy (non-hydrogen) atoms. The van der Waals surface area contributed by atoms with Crippen LogP contribution in [-0.4, -0.2) is 53.6 Å². The summed E-state index contributed by atoms with van der Waals surface area (Å²) in [5, 5.41) is 2.88. The van der Waals surface area contributed by atoms with Gasteiger partial charge in [-0.25, -0.2) is 0 Å². The van der Waals surface area contributed by atoms with Gasteiger partial charge in [0.1, 0.15) is 5.69 Å². The molecular formula is C19H24N4O3. The topological polar surface area (TPSA) is 89.6 Å². The van der Waals surface area contributed by atoms with Crippen LogP contribution in [0.4, 0.5) is 0 Å². The van der Waals surface area contributed by atoms with E-state index in [1.807, 2.05) is 18.2 Å². The molecule has 2 amide bonds. The van der Waals surface area contributed by atoms with Crippen LogP contribution in [0.3, 0.4) is 0 Å². The van der Waals surface area contributed by atoms with E-state index in [2.05, 4.69) is 22.3 Å². The zero-order valence-electron chi connectivity index (χ0n) is 14.9. The maximum Gasteiger partial charge on any atom is 0.268 e. The normalized spacial score (nSPS) is 17.8. The average molecular weight is 356 g/mol. The number of carbonyl (C=O) groups is 2. The first kappa shape index (κ1) is 18.2. The molecule has 1 atom stereocenters. The molecule has 1 fully saturated rings. The molecule has 3 rings (SSSR count). The molecule has 3 N–H and O–H groups in total. The van der Waals surface area contributed by atoms with Crippen LogP contribution in [-0.2, 0) is 18.3 Å². The minimum atomic E-state index is -0.549. The maximum absolute atomic E-state index is 12.4. The number of morpholine rings is 1. The smallest absolute Gasteiger partial charge is 0.268 e. The van der Waals surface area contributed by atoms with Crippen molar-refractivity contribution < 1.29 is 14.3 Å². The molecule has 1 aromatic carbocycles. The number of hydrogen-bond acceptors (Lipinski definition) is 4. The highest BCUT2D eigenvalue weighted by atomic mass is 16.5. The fourth-order valence-electron chi connectivity index (χ4n) is 3.11. The summed E-state index contributed by atoms with van der Waals surface area (Å²) >= 11 is 0. The third-order valence-electron chi connectivity index (χ3n) is 4.48. The molecule has 7 nitrogen and oxygen atoms in total. The van der Waals surface area contributed by atoms with Crippen molar-refractivity contribution in [1.82, 2.24) is 14.8 Å². The first-order chi connectivity index (χ1) is 12.5. The van der Waals surface area contributed by atoms with Gasteiger partial charge in [0.25, 0.3) is 5.91 Å². The Hall–Kier alpha value is -2.64. The lowest BCUT2D eigenvalue weighted by Crippen LogP contribution is -2.47.